The number of carbonyl (C=O) groups is 1. The summed E-state index contributed by atoms with van der Waals surface area (Å²) in [5, 5.41) is 16.8. The number of hydrogen-bond acceptors (Lipinski definition) is 6. The highest BCUT2D eigenvalue weighted by atomic mass is 32.1. The molecule has 152 valence electrons. The molecule has 29 heavy (non-hydrogen) atoms. The SMILES string of the molecule is Cc1cc([N+](=O)[O-])c(N2CCOCC2)cc1NC(=S)NC(=O)c1ccccc1F. The monoisotopic (exact) mass is 418 g/mol. The van der Waals surface area contributed by atoms with Crippen LogP contribution in [-0.2, 0) is 4.74 Å². The Morgan fingerprint density at radius 2 is 1.97 bits per heavy atom. The van der Waals surface area contributed by atoms with Crippen LogP contribution in [0.15, 0.2) is 36.4 Å². The van der Waals surface area contributed by atoms with E-state index < -0.39 is 16.6 Å². The molecule has 0 aliphatic carbocycles. The van der Waals surface area contributed by atoms with Crippen LogP contribution in [0.25, 0.3) is 0 Å². The van der Waals surface area contributed by atoms with Crippen LogP contribution in [-0.4, -0.2) is 42.2 Å². The number of aryl methyl sites for hydroxylation is 1. The normalized spacial score (nSPS) is 13.7. The fourth-order valence-electron chi connectivity index (χ4n) is 2.99. The van der Waals surface area contributed by atoms with Crippen LogP contribution in [0, 0.1) is 22.9 Å². The zero-order chi connectivity index (χ0) is 21.0. The van der Waals surface area contributed by atoms with E-state index in [1.165, 1.54) is 24.3 Å². The lowest BCUT2D eigenvalue weighted by molar-refractivity contribution is -0.384. The van der Waals surface area contributed by atoms with Crippen LogP contribution in [0.3, 0.4) is 0 Å². The summed E-state index contributed by atoms with van der Waals surface area (Å²) in [7, 11) is 0. The van der Waals surface area contributed by atoms with E-state index in [0.717, 1.165) is 0 Å². The number of amides is 1. The smallest absolute Gasteiger partial charge is 0.292 e. The average Bonchev–Trinajstić information content (AvgIpc) is 2.70. The van der Waals surface area contributed by atoms with Gasteiger partial charge in [0.1, 0.15) is 11.5 Å². The van der Waals surface area contributed by atoms with E-state index in [4.69, 9.17) is 17.0 Å². The summed E-state index contributed by atoms with van der Waals surface area (Å²) < 4.78 is 19.1. The van der Waals surface area contributed by atoms with Crippen molar-refractivity contribution in [1.29, 1.82) is 0 Å². The summed E-state index contributed by atoms with van der Waals surface area (Å²) in [5.41, 5.74) is 1.38. The quantitative estimate of drug-likeness (QED) is 0.448. The predicted octanol–water partition coefficient (Wildman–Crippen LogP) is 3.01. The van der Waals surface area contributed by atoms with Gasteiger partial charge >= 0.3 is 0 Å². The second kappa shape index (κ2) is 8.93. The van der Waals surface area contributed by atoms with Gasteiger partial charge < -0.3 is 15.0 Å². The molecule has 0 unspecified atom stereocenters. The summed E-state index contributed by atoms with van der Waals surface area (Å²) in [4.78, 5) is 25.1. The molecule has 10 heteroatoms. The standard InChI is InChI=1S/C19H19FN4O4S/c1-12-10-17(24(26)27)16(23-6-8-28-9-7-23)11-15(12)21-19(29)22-18(25)13-4-2-3-5-14(13)20/h2-5,10-11H,6-9H2,1H3,(H2,21,22,25,29). The van der Waals surface area contributed by atoms with Gasteiger partial charge in [-0.25, -0.2) is 4.39 Å². The highest BCUT2D eigenvalue weighted by Gasteiger charge is 2.24. The highest BCUT2D eigenvalue weighted by Crippen LogP contribution is 2.34. The zero-order valence-electron chi connectivity index (χ0n) is 15.6. The first-order chi connectivity index (χ1) is 13.9. The number of nitro groups is 1. The van der Waals surface area contributed by atoms with Crippen LogP contribution >= 0.6 is 12.2 Å². The summed E-state index contributed by atoms with van der Waals surface area (Å²) in [6, 6.07) is 8.63. The molecule has 2 N–H and O–H groups in total. The molecule has 0 saturated carbocycles. The third-order valence-corrected chi connectivity index (χ3v) is 4.67. The van der Waals surface area contributed by atoms with Gasteiger partial charge in [-0.1, -0.05) is 12.1 Å². The second-order valence-electron chi connectivity index (χ2n) is 6.40. The Hall–Kier alpha value is -3.11. The molecule has 0 aromatic heterocycles. The number of anilines is 2. The molecule has 1 aliphatic rings. The number of nitrogens with zero attached hydrogens (tertiary/aromatic N) is 2. The molecule has 0 bridgehead atoms. The van der Waals surface area contributed by atoms with Gasteiger partial charge in [0.05, 0.1) is 23.7 Å². The molecular formula is C19H19FN4O4S. The maximum atomic E-state index is 13.8. The molecule has 3 rings (SSSR count). The molecular weight excluding hydrogens is 399 g/mol. The molecule has 1 saturated heterocycles. The number of carbonyl (C=O) groups excluding carboxylic acids is 1. The molecule has 1 amide bonds. The Labute approximate surface area is 171 Å². The lowest BCUT2D eigenvalue weighted by Crippen LogP contribution is -2.37. The van der Waals surface area contributed by atoms with Gasteiger partial charge in [0.25, 0.3) is 11.6 Å². The molecule has 1 heterocycles. The van der Waals surface area contributed by atoms with Crippen molar-refractivity contribution in [2.45, 2.75) is 6.92 Å². The summed E-state index contributed by atoms with van der Waals surface area (Å²) in [6.07, 6.45) is 0. The number of hydrogen-bond donors (Lipinski definition) is 2. The first-order valence-corrected chi connectivity index (χ1v) is 9.26. The summed E-state index contributed by atoms with van der Waals surface area (Å²) >= 11 is 5.17. The average molecular weight is 418 g/mol. The van der Waals surface area contributed by atoms with Gasteiger partial charge in [-0.15, -0.1) is 0 Å². The van der Waals surface area contributed by atoms with Gasteiger partial charge in [-0.2, -0.15) is 0 Å². The second-order valence-corrected chi connectivity index (χ2v) is 6.81. The predicted molar refractivity (Wildman–Crippen MR) is 111 cm³/mol. The van der Waals surface area contributed by atoms with Crippen LogP contribution in [0.5, 0.6) is 0 Å². The van der Waals surface area contributed by atoms with Crippen molar-refractivity contribution < 1.29 is 18.8 Å². The lowest BCUT2D eigenvalue weighted by Gasteiger charge is -2.29. The van der Waals surface area contributed by atoms with Crippen molar-refractivity contribution >= 4 is 40.3 Å². The topological polar surface area (TPSA) is 96.7 Å². The van der Waals surface area contributed by atoms with Gasteiger partial charge in [-0.3, -0.25) is 20.2 Å². The Bertz CT molecular complexity index is 963. The molecule has 1 aliphatic heterocycles. The van der Waals surface area contributed by atoms with Crippen molar-refractivity contribution in [3.05, 3.63) is 63.5 Å². The number of rotatable bonds is 4. The van der Waals surface area contributed by atoms with Crippen molar-refractivity contribution in [3.8, 4) is 0 Å². The molecule has 2 aromatic carbocycles. The number of halogens is 1. The van der Waals surface area contributed by atoms with Gasteiger partial charge in [0.2, 0.25) is 0 Å². The molecule has 0 atom stereocenters. The number of ether oxygens (including phenoxy) is 1. The number of nitro benzene ring substituents is 1. The Kier molecular flexibility index (Phi) is 6.35. The van der Waals surface area contributed by atoms with Crippen LogP contribution in [0.4, 0.5) is 21.5 Å². The first-order valence-electron chi connectivity index (χ1n) is 8.85. The fraction of sp³-hybridized carbons (Fsp3) is 0.263. The van der Waals surface area contributed by atoms with E-state index in [1.807, 2.05) is 4.90 Å². The van der Waals surface area contributed by atoms with E-state index in [2.05, 4.69) is 10.6 Å². The van der Waals surface area contributed by atoms with Gasteiger partial charge in [0, 0.05) is 24.8 Å². The molecule has 0 spiro atoms. The van der Waals surface area contributed by atoms with Crippen molar-refractivity contribution in [2.24, 2.45) is 0 Å². The van der Waals surface area contributed by atoms with Gasteiger partial charge in [-0.05, 0) is 42.9 Å². The fourth-order valence-corrected chi connectivity index (χ4v) is 3.19. The third-order valence-electron chi connectivity index (χ3n) is 4.46. The maximum Gasteiger partial charge on any atom is 0.292 e. The number of morpholine rings is 1. The minimum Gasteiger partial charge on any atom is -0.378 e. The summed E-state index contributed by atoms with van der Waals surface area (Å²) in [6.45, 7) is 3.70. The number of benzene rings is 2. The lowest BCUT2D eigenvalue weighted by atomic mass is 10.1. The van der Waals surface area contributed by atoms with E-state index in [-0.39, 0.29) is 16.4 Å². The first kappa shape index (κ1) is 20.6. The van der Waals surface area contributed by atoms with E-state index in [0.29, 0.717) is 43.2 Å². The third kappa shape index (κ3) is 4.84. The van der Waals surface area contributed by atoms with Gasteiger partial charge in [0.15, 0.2) is 5.11 Å². The van der Waals surface area contributed by atoms with Crippen LogP contribution < -0.4 is 15.5 Å². The Balaban J connectivity index is 1.81. The number of nitrogens with one attached hydrogen (secondary N) is 2. The minimum atomic E-state index is -0.687. The Morgan fingerprint density at radius 1 is 1.28 bits per heavy atom. The van der Waals surface area contributed by atoms with Crippen molar-refractivity contribution in [2.75, 3.05) is 36.5 Å². The van der Waals surface area contributed by atoms with Crippen LogP contribution in [0.1, 0.15) is 15.9 Å². The summed E-state index contributed by atoms with van der Waals surface area (Å²) in [5.74, 6) is -1.34. The van der Waals surface area contributed by atoms with E-state index in [9.17, 15) is 19.3 Å². The molecule has 0 radical (unpaired) electrons. The van der Waals surface area contributed by atoms with E-state index in [1.54, 1.807) is 19.1 Å². The zero-order valence-corrected chi connectivity index (χ0v) is 16.4. The maximum absolute atomic E-state index is 13.8. The van der Waals surface area contributed by atoms with E-state index >= 15 is 0 Å². The number of thiocarbonyl (C=S) groups is 1. The minimum absolute atomic E-state index is 0.0174. The van der Waals surface area contributed by atoms with Crippen molar-refractivity contribution in [3.63, 3.8) is 0 Å². The van der Waals surface area contributed by atoms with Crippen LogP contribution in [0.2, 0.25) is 0 Å². The molecule has 1 fully saturated rings. The van der Waals surface area contributed by atoms with Crippen molar-refractivity contribution in [1.82, 2.24) is 5.32 Å². The highest BCUT2D eigenvalue weighted by molar-refractivity contribution is 7.80. The molecule has 2 aromatic rings. The largest absolute Gasteiger partial charge is 0.378 e. The Morgan fingerprint density at radius 3 is 2.62 bits per heavy atom. The molecule has 8 nitrogen and oxygen atoms in total.